The second-order valence-corrected chi connectivity index (χ2v) is 5.46. The molecule has 1 heterocycles. The van der Waals surface area contributed by atoms with Crippen LogP contribution in [-0.4, -0.2) is 28.0 Å². The van der Waals surface area contributed by atoms with Gasteiger partial charge in [-0.3, -0.25) is 9.32 Å². The monoisotopic (exact) mass is 324 g/mol. The Bertz CT molecular complexity index is 735. The molecule has 0 saturated carbocycles. The van der Waals surface area contributed by atoms with Crippen molar-refractivity contribution in [2.24, 2.45) is 7.05 Å². The fourth-order valence-electron chi connectivity index (χ4n) is 1.65. The van der Waals surface area contributed by atoms with Crippen LogP contribution in [0.1, 0.15) is 16.8 Å². The third-order valence-electron chi connectivity index (χ3n) is 2.74. The normalized spacial score (nSPS) is 10.4. The minimum absolute atomic E-state index is 0.153. The molecule has 0 spiro atoms. The van der Waals surface area contributed by atoms with Crippen molar-refractivity contribution in [3.8, 4) is 0 Å². The average Bonchev–Trinajstić information content (AvgIpc) is 2.79. The Kier molecular flexibility index (Phi) is 4.99. The van der Waals surface area contributed by atoms with Gasteiger partial charge in [0.05, 0.1) is 5.56 Å². The molecular formula is C13H14N3O5S+. The Morgan fingerprint density at radius 3 is 2.59 bits per heavy atom. The maximum absolute atomic E-state index is 11.8. The highest BCUT2D eigenvalue weighted by Crippen LogP contribution is 2.12. The first-order chi connectivity index (χ1) is 10.5. The van der Waals surface area contributed by atoms with Crippen LogP contribution >= 0.6 is 11.8 Å². The number of carbonyl (C=O) groups excluding carboxylic acids is 1. The number of hydrogen-bond acceptors (Lipinski definition) is 5. The maximum Gasteiger partial charge on any atom is 0.441 e. The number of nitrogens with one attached hydrogen (secondary N) is 2. The highest BCUT2D eigenvalue weighted by atomic mass is 32.2. The third-order valence-corrected chi connectivity index (χ3v) is 3.86. The molecule has 3 N–H and O–H groups in total. The fraction of sp³-hybridized carbons (Fsp3) is 0.231. The minimum atomic E-state index is -1.02. The van der Waals surface area contributed by atoms with Gasteiger partial charge < -0.3 is 10.4 Å². The molecule has 0 aliphatic heterocycles. The van der Waals surface area contributed by atoms with Crippen LogP contribution in [-0.2, 0) is 11.8 Å². The zero-order valence-electron chi connectivity index (χ0n) is 11.7. The summed E-state index contributed by atoms with van der Waals surface area (Å²) in [4.78, 5) is 33.8. The molecule has 0 atom stereocenters. The molecule has 0 radical (unpaired) electrons. The molecule has 1 amide bonds. The number of benzene rings is 1. The van der Waals surface area contributed by atoms with Gasteiger partial charge in [-0.1, -0.05) is 4.68 Å². The van der Waals surface area contributed by atoms with E-state index in [1.165, 1.54) is 40.7 Å². The molecule has 2 aromatic rings. The van der Waals surface area contributed by atoms with E-state index in [0.717, 1.165) is 0 Å². The number of nitrogens with zero attached hydrogens (tertiary/aromatic N) is 1. The van der Waals surface area contributed by atoms with E-state index in [0.29, 0.717) is 16.5 Å². The number of carboxylic acids is 1. The lowest BCUT2D eigenvalue weighted by atomic mass is 10.2. The standard InChI is InChI=1S/C13H13N3O5S/c1-16-11(13(20)21-15-16)22-7-6-10(17)14-9-4-2-8(3-5-9)12(18)19/h2-5H,6-7H2,1H3,(H2-,14,15,17,18,19,20)/p+1. The van der Waals surface area contributed by atoms with E-state index in [1.807, 2.05) is 0 Å². The molecule has 0 fully saturated rings. The number of aromatic nitrogens is 2. The lowest BCUT2D eigenvalue weighted by molar-refractivity contribution is -0.772. The van der Waals surface area contributed by atoms with E-state index >= 15 is 0 Å². The highest BCUT2D eigenvalue weighted by molar-refractivity contribution is 7.99. The summed E-state index contributed by atoms with van der Waals surface area (Å²) in [5.41, 5.74) is 0.198. The number of aromatic carboxylic acids is 1. The molecule has 8 nitrogen and oxygen atoms in total. The number of thioether (sulfide) groups is 1. The quantitative estimate of drug-likeness (QED) is 0.529. The number of aromatic amines is 1. The first kappa shape index (κ1) is 15.8. The van der Waals surface area contributed by atoms with Gasteiger partial charge in [0.2, 0.25) is 5.91 Å². The van der Waals surface area contributed by atoms with Crippen molar-refractivity contribution in [3.63, 3.8) is 0 Å². The molecule has 0 saturated heterocycles. The number of aryl methyl sites for hydroxylation is 1. The Labute approximate surface area is 129 Å². The predicted octanol–water partition coefficient (Wildman–Crippen LogP) is 0.611. The van der Waals surface area contributed by atoms with Crippen molar-refractivity contribution in [2.45, 2.75) is 11.4 Å². The molecular weight excluding hydrogens is 310 g/mol. The molecule has 0 unspecified atom stereocenters. The number of rotatable bonds is 6. The second kappa shape index (κ2) is 6.94. The van der Waals surface area contributed by atoms with E-state index < -0.39 is 11.6 Å². The number of H-pyrrole nitrogens is 1. The van der Waals surface area contributed by atoms with Gasteiger partial charge in [0.25, 0.3) is 0 Å². The van der Waals surface area contributed by atoms with Gasteiger partial charge in [-0.2, -0.15) is 0 Å². The van der Waals surface area contributed by atoms with Crippen LogP contribution in [0.2, 0.25) is 0 Å². The summed E-state index contributed by atoms with van der Waals surface area (Å²) in [6.07, 6.45) is 0.204. The summed E-state index contributed by atoms with van der Waals surface area (Å²) in [6.45, 7) is 0. The number of hydrogen-bond donors (Lipinski definition) is 3. The second-order valence-electron chi connectivity index (χ2n) is 4.37. The van der Waals surface area contributed by atoms with Crippen molar-refractivity contribution in [1.29, 1.82) is 0 Å². The molecule has 1 aromatic heterocycles. The zero-order chi connectivity index (χ0) is 16.1. The Balaban J connectivity index is 1.83. The predicted molar refractivity (Wildman–Crippen MR) is 77.9 cm³/mol. The van der Waals surface area contributed by atoms with Crippen molar-refractivity contribution < 1.29 is 23.9 Å². The summed E-state index contributed by atoms with van der Waals surface area (Å²) >= 11 is 1.21. The Morgan fingerprint density at radius 2 is 2.05 bits per heavy atom. The molecule has 22 heavy (non-hydrogen) atoms. The van der Waals surface area contributed by atoms with E-state index in [1.54, 1.807) is 7.05 Å². The summed E-state index contributed by atoms with van der Waals surface area (Å²) in [5, 5.41) is 14.2. The van der Waals surface area contributed by atoms with E-state index in [-0.39, 0.29) is 17.9 Å². The first-order valence-corrected chi connectivity index (χ1v) is 7.29. The lowest BCUT2D eigenvalue weighted by Gasteiger charge is -2.04. The number of anilines is 1. The Hall–Kier alpha value is -2.55. The maximum atomic E-state index is 11.8. The molecule has 0 aliphatic rings. The zero-order valence-corrected chi connectivity index (χ0v) is 12.5. The number of carboxylic acid groups (broad SMARTS) is 1. The molecule has 0 aliphatic carbocycles. The van der Waals surface area contributed by atoms with Crippen LogP contribution in [0, 0.1) is 0 Å². The number of carbonyl (C=O) groups is 2. The molecule has 0 bridgehead atoms. The van der Waals surface area contributed by atoms with Crippen LogP contribution in [0.3, 0.4) is 0 Å². The minimum Gasteiger partial charge on any atom is -0.478 e. The molecule has 1 aromatic carbocycles. The van der Waals surface area contributed by atoms with Crippen LogP contribution in [0.4, 0.5) is 5.69 Å². The first-order valence-electron chi connectivity index (χ1n) is 6.31. The van der Waals surface area contributed by atoms with Gasteiger partial charge in [0.15, 0.2) is 7.05 Å². The largest absolute Gasteiger partial charge is 0.478 e. The van der Waals surface area contributed by atoms with Gasteiger partial charge in [-0.25, -0.2) is 9.59 Å². The smallest absolute Gasteiger partial charge is 0.441 e. The van der Waals surface area contributed by atoms with Crippen LogP contribution < -0.4 is 15.6 Å². The van der Waals surface area contributed by atoms with E-state index in [9.17, 15) is 14.4 Å². The summed E-state index contributed by atoms with van der Waals surface area (Å²) < 4.78 is 6.03. The highest BCUT2D eigenvalue weighted by Gasteiger charge is 2.18. The molecule has 116 valence electrons. The van der Waals surface area contributed by atoms with Crippen molar-refractivity contribution in [1.82, 2.24) is 5.27 Å². The van der Waals surface area contributed by atoms with Gasteiger partial charge in [0.1, 0.15) is 0 Å². The SMILES string of the molecule is C[n+]1[nH]oc(=O)c1SCCC(=O)Nc1ccc(C(=O)O)cc1. The van der Waals surface area contributed by atoms with Gasteiger partial charge in [-0.15, -0.1) is 0 Å². The lowest BCUT2D eigenvalue weighted by Crippen LogP contribution is -2.33. The van der Waals surface area contributed by atoms with Crippen molar-refractivity contribution in [3.05, 3.63) is 40.2 Å². The van der Waals surface area contributed by atoms with E-state index in [2.05, 4.69) is 15.1 Å². The third kappa shape index (κ3) is 3.98. The molecule has 2 rings (SSSR count). The van der Waals surface area contributed by atoms with Crippen LogP contribution in [0.15, 0.2) is 38.6 Å². The van der Waals surface area contributed by atoms with Gasteiger partial charge >= 0.3 is 16.6 Å². The van der Waals surface area contributed by atoms with Crippen LogP contribution in [0.25, 0.3) is 0 Å². The topological polar surface area (TPSA) is 116 Å². The Morgan fingerprint density at radius 1 is 1.36 bits per heavy atom. The summed E-state index contributed by atoms with van der Waals surface area (Å²) in [7, 11) is 1.64. The summed E-state index contributed by atoms with van der Waals surface area (Å²) in [5.74, 6) is -0.833. The molecule has 9 heteroatoms. The fourth-order valence-corrected chi connectivity index (χ4v) is 2.52. The van der Waals surface area contributed by atoms with Crippen molar-refractivity contribution in [2.75, 3.05) is 11.1 Å². The average molecular weight is 324 g/mol. The number of amides is 1. The van der Waals surface area contributed by atoms with Crippen LogP contribution in [0.5, 0.6) is 0 Å². The van der Waals surface area contributed by atoms with Gasteiger partial charge in [-0.05, 0) is 41.3 Å². The van der Waals surface area contributed by atoms with Gasteiger partial charge in [0, 0.05) is 17.9 Å². The van der Waals surface area contributed by atoms with Crippen molar-refractivity contribution >= 4 is 29.3 Å². The summed E-state index contributed by atoms with van der Waals surface area (Å²) in [6, 6.07) is 5.87. The van der Waals surface area contributed by atoms with E-state index in [4.69, 9.17) is 5.11 Å².